The van der Waals surface area contributed by atoms with Crippen LogP contribution < -0.4 is 0 Å². The van der Waals surface area contributed by atoms with Gasteiger partial charge < -0.3 is 5.11 Å². The zero-order chi connectivity index (χ0) is 16.5. The molecule has 4 nitrogen and oxygen atoms in total. The van der Waals surface area contributed by atoms with Crippen LogP contribution in [0.1, 0.15) is 90.4 Å². The number of hydrogen-bond donors (Lipinski definition) is 2. The number of unbranched alkanes of at least 4 members (excludes halogenated alkanes) is 9. The number of allylic oxidation sites excluding steroid dienone is 1. The molecule has 130 valence electrons. The Hall–Kier alpha value is -0.870. The standard InChI is InChI=1S/C18H34O4/c1-2-3-14-17(22-21)15-12-10-8-6-4-5-7-9-11-13-16-18(19)20/h12,15,17,21H,2-11,13-14,16H2,1H3,(H,19,20)/b15-12+/t17-/m0/s1. The highest BCUT2D eigenvalue weighted by Gasteiger charge is 2.02. The van der Waals surface area contributed by atoms with Crippen LogP contribution in [0, 0.1) is 0 Å². The molecular formula is C18H34O4. The van der Waals surface area contributed by atoms with Crippen molar-refractivity contribution in [3.8, 4) is 0 Å². The lowest BCUT2D eigenvalue weighted by molar-refractivity contribution is -0.267. The molecule has 0 aromatic heterocycles. The van der Waals surface area contributed by atoms with Gasteiger partial charge in [-0.25, -0.2) is 4.89 Å². The van der Waals surface area contributed by atoms with Crippen molar-refractivity contribution in [2.45, 2.75) is 96.5 Å². The molecule has 0 fully saturated rings. The third-order valence-corrected chi connectivity index (χ3v) is 3.84. The average molecular weight is 314 g/mol. The van der Waals surface area contributed by atoms with Crippen LogP contribution in [0.5, 0.6) is 0 Å². The first kappa shape index (κ1) is 21.1. The Balaban J connectivity index is 3.30. The van der Waals surface area contributed by atoms with Crippen LogP contribution in [0.2, 0.25) is 0 Å². The van der Waals surface area contributed by atoms with E-state index in [0.29, 0.717) is 6.42 Å². The highest BCUT2D eigenvalue weighted by atomic mass is 17.1. The van der Waals surface area contributed by atoms with Gasteiger partial charge in [0.25, 0.3) is 0 Å². The van der Waals surface area contributed by atoms with E-state index in [9.17, 15) is 4.79 Å². The van der Waals surface area contributed by atoms with E-state index in [1.54, 1.807) is 0 Å². The van der Waals surface area contributed by atoms with E-state index in [1.165, 1.54) is 32.1 Å². The molecule has 0 bridgehead atoms. The monoisotopic (exact) mass is 314 g/mol. The molecular weight excluding hydrogens is 280 g/mol. The number of rotatable bonds is 16. The van der Waals surface area contributed by atoms with E-state index in [2.05, 4.69) is 17.9 Å². The molecule has 0 radical (unpaired) electrons. The van der Waals surface area contributed by atoms with Crippen molar-refractivity contribution in [1.82, 2.24) is 0 Å². The molecule has 0 unspecified atom stereocenters. The van der Waals surface area contributed by atoms with Gasteiger partial charge in [-0.05, 0) is 25.7 Å². The number of carboxylic acids is 1. The van der Waals surface area contributed by atoms with Gasteiger partial charge in [0.15, 0.2) is 0 Å². The van der Waals surface area contributed by atoms with Crippen LogP contribution >= 0.6 is 0 Å². The summed E-state index contributed by atoms with van der Waals surface area (Å²) in [6.45, 7) is 2.13. The Morgan fingerprint density at radius 1 is 1.00 bits per heavy atom. The Bertz CT molecular complexity index is 276. The summed E-state index contributed by atoms with van der Waals surface area (Å²) in [6, 6.07) is 0. The second-order valence-electron chi connectivity index (χ2n) is 5.98. The Morgan fingerprint density at radius 3 is 2.14 bits per heavy atom. The molecule has 0 aromatic rings. The lowest BCUT2D eigenvalue weighted by Crippen LogP contribution is -2.06. The molecule has 1 atom stereocenters. The molecule has 0 rings (SSSR count). The van der Waals surface area contributed by atoms with Crippen LogP contribution in [-0.2, 0) is 9.68 Å². The summed E-state index contributed by atoms with van der Waals surface area (Å²) in [6.07, 6.45) is 17.5. The van der Waals surface area contributed by atoms with E-state index in [-0.39, 0.29) is 6.10 Å². The molecule has 0 saturated heterocycles. The van der Waals surface area contributed by atoms with Crippen LogP contribution in [0.15, 0.2) is 12.2 Å². The molecule has 0 heterocycles. The summed E-state index contributed by atoms with van der Waals surface area (Å²) >= 11 is 0. The quantitative estimate of drug-likeness (QED) is 0.169. The van der Waals surface area contributed by atoms with Crippen molar-refractivity contribution in [1.29, 1.82) is 0 Å². The van der Waals surface area contributed by atoms with Crippen molar-refractivity contribution in [2.24, 2.45) is 0 Å². The van der Waals surface area contributed by atoms with Gasteiger partial charge in [-0.3, -0.25) is 10.1 Å². The first-order valence-corrected chi connectivity index (χ1v) is 8.89. The molecule has 0 aliphatic carbocycles. The number of aliphatic carboxylic acids is 1. The summed E-state index contributed by atoms with van der Waals surface area (Å²) in [5.41, 5.74) is 0. The fourth-order valence-corrected chi connectivity index (χ4v) is 2.44. The molecule has 0 aromatic carbocycles. The predicted octanol–water partition coefficient (Wildman–Crippen LogP) is 5.58. The minimum atomic E-state index is -0.684. The summed E-state index contributed by atoms with van der Waals surface area (Å²) in [5.74, 6) is -0.684. The van der Waals surface area contributed by atoms with Crippen LogP contribution in [-0.4, -0.2) is 22.4 Å². The maximum atomic E-state index is 10.3. The Labute approximate surface area is 135 Å². The molecule has 2 N–H and O–H groups in total. The molecule has 0 aliphatic rings. The van der Waals surface area contributed by atoms with Crippen LogP contribution in [0.25, 0.3) is 0 Å². The second kappa shape index (κ2) is 16.5. The smallest absolute Gasteiger partial charge is 0.303 e. The van der Waals surface area contributed by atoms with Gasteiger partial charge in [0.1, 0.15) is 6.10 Å². The number of hydrogen-bond acceptors (Lipinski definition) is 3. The van der Waals surface area contributed by atoms with Gasteiger partial charge in [0, 0.05) is 6.42 Å². The summed E-state index contributed by atoms with van der Waals surface area (Å²) in [7, 11) is 0. The largest absolute Gasteiger partial charge is 0.481 e. The third kappa shape index (κ3) is 15.5. The van der Waals surface area contributed by atoms with Gasteiger partial charge in [-0.15, -0.1) is 0 Å². The van der Waals surface area contributed by atoms with Gasteiger partial charge in [-0.1, -0.05) is 70.4 Å². The summed E-state index contributed by atoms with van der Waals surface area (Å²) < 4.78 is 0. The zero-order valence-corrected chi connectivity index (χ0v) is 14.1. The van der Waals surface area contributed by atoms with Crippen LogP contribution in [0.4, 0.5) is 0 Å². The molecule has 4 heteroatoms. The van der Waals surface area contributed by atoms with E-state index in [4.69, 9.17) is 10.4 Å². The van der Waals surface area contributed by atoms with E-state index < -0.39 is 5.97 Å². The van der Waals surface area contributed by atoms with Crippen molar-refractivity contribution >= 4 is 5.97 Å². The maximum absolute atomic E-state index is 10.3. The fraction of sp³-hybridized carbons (Fsp3) is 0.833. The topological polar surface area (TPSA) is 66.8 Å². The SMILES string of the molecule is CCCC[C@@H](/C=C/CCCCCCCCCCC(=O)O)OO. The van der Waals surface area contributed by atoms with E-state index in [1.807, 2.05) is 6.08 Å². The molecule has 0 aliphatic heterocycles. The third-order valence-electron chi connectivity index (χ3n) is 3.84. The maximum Gasteiger partial charge on any atom is 0.303 e. The molecule has 0 spiro atoms. The van der Waals surface area contributed by atoms with E-state index in [0.717, 1.165) is 44.9 Å². The van der Waals surface area contributed by atoms with Gasteiger partial charge in [0.2, 0.25) is 0 Å². The molecule has 0 amide bonds. The summed E-state index contributed by atoms with van der Waals surface area (Å²) in [5, 5.41) is 17.3. The number of carboxylic acid groups (broad SMARTS) is 1. The molecule has 0 saturated carbocycles. The Kier molecular flexibility index (Phi) is 15.8. The molecule has 22 heavy (non-hydrogen) atoms. The van der Waals surface area contributed by atoms with Crippen molar-refractivity contribution in [3.05, 3.63) is 12.2 Å². The summed E-state index contributed by atoms with van der Waals surface area (Å²) in [4.78, 5) is 14.8. The lowest BCUT2D eigenvalue weighted by atomic mass is 10.1. The van der Waals surface area contributed by atoms with Gasteiger partial charge in [0.05, 0.1) is 0 Å². The highest BCUT2D eigenvalue weighted by molar-refractivity contribution is 5.66. The second-order valence-corrected chi connectivity index (χ2v) is 5.98. The van der Waals surface area contributed by atoms with Crippen molar-refractivity contribution in [3.63, 3.8) is 0 Å². The van der Waals surface area contributed by atoms with E-state index >= 15 is 0 Å². The first-order chi connectivity index (χ1) is 10.7. The van der Waals surface area contributed by atoms with Crippen LogP contribution in [0.3, 0.4) is 0 Å². The minimum Gasteiger partial charge on any atom is -0.481 e. The van der Waals surface area contributed by atoms with Crippen molar-refractivity contribution < 1.29 is 20.0 Å². The lowest BCUT2D eigenvalue weighted by Gasteiger charge is -2.07. The zero-order valence-electron chi connectivity index (χ0n) is 14.1. The number of carbonyl (C=O) groups is 1. The average Bonchev–Trinajstić information content (AvgIpc) is 2.51. The van der Waals surface area contributed by atoms with Gasteiger partial charge in [-0.2, -0.15) is 0 Å². The highest BCUT2D eigenvalue weighted by Crippen LogP contribution is 2.11. The van der Waals surface area contributed by atoms with Gasteiger partial charge >= 0.3 is 5.97 Å². The first-order valence-electron chi connectivity index (χ1n) is 8.89. The van der Waals surface area contributed by atoms with Crippen molar-refractivity contribution in [2.75, 3.05) is 0 Å². The minimum absolute atomic E-state index is 0.147. The normalized spacial score (nSPS) is 12.8. The fourth-order valence-electron chi connectivity index (χ4n) is 2.44. The predicted molar refractivity (Wildman–Crippen MR) is 90.0 cm³/mol. The Morgan fingerprint density at radius 2 is 1.59 bits per heavy atom.